The zero-order valence-corrected chi connectivity index (χ0v) is 11.9. The summed E-state index contributed by atoms with van der Waals surface area (Å²) in [4.78, 5) is 4.34. The third kappa shape index (κ3) is 2.01. The molecule has 1 aromatic heterocycles. The highest BCUT2D eigenvalue weighted by molar-refractivity contribution is 5.82. The summed E-state index contributed by atoms with van der Waals surface area (Å²) < 4.78 is 11.1. The maximum Gasteiger partial charge on any atom is 0.142 e. The molecule has 0 fully saturated rings. The fourth-order valence-corrected chi connectivity index (χ4v) is 2.69. The number of ether oxygens (including phenoxy) is 2. The number of anilines is 1. The lowest BCUT2D eigenvalue weighted by atomic mass is 9.93. The van der Waals surface area contributed by atoms with Crippen LogP contribution in [0, 0.1) is 11.3 Å². The van der Waals surface area contributed by atoms with Crippen LogP contribution in [0.5, 0.6) is 5.75 Å². The molecule has 0 spiro atoms. The molecule has 106 valence electrons. The molecular weight excluding hydrogens is 266 g/mol. The van der Waals surface area contributed by atoms with Gasteiger partial charge in [0.2, 0.25) is 0 Å². The number of fused-ring (bicyclic) bond motifs is 1. The van der Waals surface area contributed by atoms with E-state index in [1.807, 2.05) is 31.2 Å². The van der Waals surface area contributed by atoms with Crippen LogP contribution in [0.15, 0.2) is 24.3 Å². The molecule has 1 aliphatic rings. The van der Waals surface area contributed by atoms with E-state index in [9.17, 15) is 5.26 Å². The van der Waals surface area contributed by atoms with Crippen molar-refractivity contribution in [2.45, 2.75) is 19.6 Å². The zero-order valence-electron chi connectivity index (χ0n) is 11.9. The number of nitrogen functional groups attached to an aromatic ring is 1. The lowest BCUT2D eigenvalue weighted by Crippen LogP contribution is -2.05. The van der Waals surface area contributed by atoms with Crippen molar-refractivity contribution in [3.8, 4) is 22.9 Å². The van der Waals surface area contributed by atoms with Gasteiger partial charge in [-0.15, -0.1) is 0 Å². The van der Waals surface area contributed by atoms with Gasteiger partial charge in [0.15, 0.2) is 0 Å². The average Bonchev–Trinajstić information content (AvgIpc) is 2.87. The van der Waals surface area contributed by atoms with Crippen LogP contribution in [0.2, 0.25) is 0 Å². The van der Waals surface area contributed by atoms with Crippen molar-refractivity contribution in [2.24, 2.45) is 0 Å². The van der Waals surface area contributed by atoms with Crippen molar-refractivity contribution in [3.05, 3.63) is 41.1 Å². The summed E-state index contributed by atoms with van der Waals surface area (Å²) >= 11 is 0. The quantitative estimate of drug-likeness (QED) is 0.915. The number of benzene rings is 1. The normalized spacial score (nSPS) is 16.3. The van der Waals surface area contributed by atoms with Crippen LogP contribution in [0.1, 0.15) is 29.8 Å². The Bertz CT molecular complexity index is 750. The largest absolute Gasteiger partial charge is 0.496 e. The molecule has 5 nitrogen and oxygen atoms in total. The summed E-state index contributed by atoms with van der Waals surface area (Å²) in [5.41, 5.74) is 9.65. The molecule has 2 heterocycles. The molecular formula is C16H15N3O2. The van der Waals surface area contributed by atoms with Crippen LogP contribution in [-0.4, -0.2) is 12.1 Å². The fraction of sp³-hybridized carbons (Fsp3) is 0.250. The molecule has 5 heteroatoms. The maximum atomic E-state index is 9.47. The molecule has 0 saturated carbocycles. The number of pyridine rings is 1. The molecule has 0 aliphatic carbocycles. The summed E-state index contributed by atoms with van der Waals surface area (Å²) in [5.74, 6) is 0.927. The SMILES string of the molecule is COc1ccccc1-c1c(C#N)c(N)nc2c1CO[C@@H]2C. The monoisotopic (exact) mass is 281 g/mol. The predicted octanol–water partition coefficient (Wildman–Crippen LogP) is 2.80. The van der Waals surface area contributed by atoms with Crippen LogP contribution >= 0.6 is 0 Å². The minimum atomic E-state index is -0.122. The predicted molar refractivity (Wildman–Crippen MR) is 78.6 cm³/mol. The molecule has 0 unspecified atom stereocenters. The minimum absolute atomic E-state index is 0.122. The summed E-state index contributed by atoms with van der Waals surface area (Å²) in [5, 5.41) is 9.47. The number of hydrogen-bond donors (Lipinski definition) is 1. The van der Waals surface area contributed by atoms with Crippen LogP contribution in [0.25, 0.3) is 11.1 Å². The Labute approximate surface area is 122 Å². The Morgan fingerprint density at radius 2 is 2.19 bits per heavy atom. The molecule has 21 heavy (non-hydrogen) atoms. The van der Waals surface area contributed by atoms with Crippen LogP contribution < -0.4 is 10.5 Å². The average molecular weight is 281 g/mol. The molecule has 0 amide bonds. The van der Waals surface area contributed by atoms with Gasteiger partial charge in [0.05, 0.1) is 25.5 Å². The lowest BCUT2D eigenvalue weighted by Gasteiger charge is -2.15. The van der Waals surface area contributed by atoms with E-state index in [1.165, 1.54) is 0 Å². The molecule has 2 aromatic rings. The summed E-state index contributed by atoms with van der Waals surface area (Å²) in [6, 6.07) is 9.73. The van der Waals surface area contributed by atoms with E-state index in [0.29, 0.717) is 17.9 Å². The second-order valence-corrected chi connectivity index (χ2v) is 4.88. The Balaban J connectivity index is 2.37. The number of para-hydroxylation sites is 1. The van der Waals surface area contributed by atoms with Crippen LogP contribution in [0.4, 0.5) is 5.82 Å². The van der Waals surface area contributed by atoms with E-state index in [-0.39, 0.29) is 11.9 Å². The van der Waals surface area contributed by atoms with Gasteiger partial charge in [-0.05, 0) is 13.0 Å². The fourth-order valence-electron chi connectivity index (χ4n) is 2.69. The molecule has 2 N–H and O–H groups in total. The summed E-state index contributed by atoms with van der Waals surface area (Å²) in [7, 11) is 1.61. The molecule has 1 aromatic carbocycles. The summed E-state index contributed by atoms with van der Waals surface area (Å²) in [6.45, 7) is 2.35. The third-order valence-electron chi connectivity index (χ3n) is 3.71. The van der Waals surface area contributed by atoms with Crippen molar-refractivity contribution in [3.63, 3.8) is 0 Å². The second-order valence-electron chi connectivity index (χ2n) is 4.88. The smallest absolute Gasteiger partial charge is 0.142 e. The van der Waals surface area contributed by atoms with E-state index in [4.69, 9.17) is 15.2 Å². The van der Waals surface area contributed by atoms with E-state index in [0.717, 1.165) is 22.4 Å². The van der Waals surface area contributed by atoms with Gasteiger partial charge >= 0.3 is 0 Å². The van der Waals surface area contributed by atoms with Gasteiger partial charge < -0.3 is 15.2 Å². The molecule has 3 rings (SSSR count). The Kier molecular flexibility index (Phi) is 3.24. The molecule has 1 atom stereocenters. The highest BCUT2D eigenvalue weighted by atomic mass is 16.5. The molecule has 0 radical (unpaired) electrons. The standard InChI is InChI=1S/C16H15N3O2/c1-9-15-12(8-21-9)14(11(7-17)16(18)19-15)10-5-3-4-6-13(10)20-2/h3-6,9H,8H2,1-2H3,(H2,18,19)/t9-/m1/s1. The Morgan fingerprint density at radius 1 is 1.43 bits per heavy atom. The van der Waals surface area contributed by atoms with E-state index in [1.54, 1.807) is 7.11 Å². The van der Waals surface area contributed by atoms with Crippen molar-refractivity contribution in [1.82, 2.24) is 4.98 Å². The minimum Gasteiger partial charge on any atom is -0.496 e. The number of aromatic nitrogens is 1. The van der Waals surface area contributed by atoms with Crippen molar-refractivity contribution >= 4 is 5.82 Å². The summed E-state index contributed by atoms with van der Waals surface area (Å²) in [6.07, 6.45) is -0.122. The topological polar surface area (TPSA) is 81.2 Å². The number of hydrogen-bond acceptors (Lipinski definition) is 5. The number of nitrogens with zero attached hydrogens (tertiary/aromatic N) is 2. The highest BCUT2D eigenvalue weighted by Gasteiger charge is 2.29. The van der Waals surface area contributed by atoms with Gasteiger partial charge in [-0.3, -0.25) is 0 Å². The Morgan fingerprint density at radius 3 is 2.90 bits per heavy atom. The van der Waals surface area contributed by atoms with E-state index >= 15 is 0 Å². The number of methoxy groups -OCH3 is 1. The number of nitriles is 1. The lowest BCUT2D eigenvalue weighted by molar-refractivity contribution is 0.0780. The molecule has 0 bridgehead atoms. The Hall–Kier alpha value is -2.58. The first-order valence-corrected chi connectivity index (χ1v) is 6.64. The molecule has 0 saturated heterocycles. The first-order valence-electron chi connectivity index (χ1n) is 6.64. The third-order valence-corrected chi connectivity index (χ3v) is 3.71. The van der Waals surface area contributed by atoms with Crippen LogP contribution in [-0.2, 0) is 11.3 Å². The number of nitrogens with two attached hydrogens (primary N) is 1. The van der Waals surface area contributed by atoms with Crippen LogP contribution in [0.3, 0.4) is 0 Å². The van der Waals surface area contributed by atoms with Crippen molar-refractivity contribution in [2.75, 3.05) is 12.8 Å². The first kappa shape index (κ1) is 13.4. The van der Waals surface area contributed by atoms with Gasteiger partial charge in [0, 0.05) is 16.7 Å². The van der Waals surface area contributed by atoms with Crippen molar-refractivity contribution < 1.29 is 9.47 Å². The van der Waals surface area contributed by atoms with Gasteiger partial charge in [0.1, 0.15) is 23.2 Å². The van der Waals surface area contributed by atoms with E-state index in [2.05, 4.69) is 11.1 Å². The van der Waals surface area contributed by atoms with Gasteiger partial charge in [-0.25, -0.2) is 4.98 Å². The highest BCUT2D eigenvalue weighted by Crippen LogP contribution is 2.42. The van der Waals surface area contributed by atoms with Crippen molar-refractivity contribution in [1.29, 1.82) is 5.26 Å². The first-order chi connectivity index (χ1) is 10.2. The second kappa shape index (κ2) is 5.08. The van der Waals surface area contributed by atoms with Gasteiger partial charge in [-0.2, -0.15) is 5.26 Å². The number of rotatable bonds is 2. The zero-order chi connectivity index (χ0) is 15.0. The van der Waals surface area contributed by atoms with Gasteiger partial charge in [-0.1, -0.05) is 18.2 Å². The maximum absolute atomic E-state index is 9.47. The molecule has 1 aliphatic heterocycles. The van der Waals surface area contributed by atoms with Gasteiger partial charge in [0.25, 0.3) is 0 Å². The van der Waals surface area contributed by atoms with E-state index < -0.39 is 0 Å².